The minimum Gasteiger partial charge on any atom is -0.497 e. The normalized spacial score (nSPS) is 17.2. The zero-order valence-corrected chi connectivity index (χ0v) is 16.6. The summed E-state index contributed by atoms with van der Waals surface area (Å²) in [6.07, 6.45) is 6.58. The number of rotatable bonds is 8. The maximum absolute atomic E-state index is 5.39. The summed E-state index contributed by atoms with van der Waals surface area (Å²) in [7, 11) is 1.70. The summed E-state index contributed by atoms with van der Waals surface area (Å²) in [5.74, 6) is 2.66. The van der Waals surface area contributed by atoms with Crippen molar-refractivity contribution in [3.63, 3.8) is 0 Å². The highest BCUT2D eigenvalue weighted by molar-refractivity contribution is 5.80. The highest BCUT2D eigenvalue weighted by atomic mass is 16.5. The average molecular weight is 383 g/mol. The first-order chi connectivity index (χ1) is 13.8. The van der Waals surface area contributed by atoms with Crippen LogP contribution in [-0.2, 0) is 6.42 Å². The van der Waals surface area contributed by atoms with E-state index in [1.54, 1.807) is 13.4 Å². The highest BCUT2D eigenvalue weighted by Gasteiger charge is 2.21. The first-order valence-electron chi connectivity index (χ1n) is 9.85. The second-order valence-corrected chi connectivity index (χ2v) is 6.86. The fourth-order valence-corrected chi connectivity index (χ4v) is 3.38. The molecule has 1 aromatic carbocycles. The van der Waals surface area contributed by atoms with Crippen molar-refractivity contribution in [2.45, 2.75) is 25.3 Å². The summed E-state index contributed by atoms with van der Waals surface area (Å²) in [5.41, 5.74) is 1.20. The molecule has 0 amide bonds. The van der Waals surface area contributed by atoms with Gasteiger partial charge in [0.25, 0.3) is 0 Å². The summed E-state index contributed by atoms with van der Waals surface area (Å²) in [4.78, 5) is 7.10. The van der Waals surface area contributed by atoms with Gasteiger partial charge in [0.05, 0.1) is 13.4 Å². The predicted molar refractivity (Wildman–Crippen MR) is 114 cm³/mol. The third kappa shape index (κ3) is 5.81. The molecule has 0 bridgehead atoms. The smallest absolute Gasteiger partial charge is 0.191 e. The van der Waals surface area contributed by atoms with E-state index in [-0.39, 0.29) is 0 Å². The molecule has 2 heterocycles. The number of guanidine groups is 1. The van der Waals surface area contributed by atoms with Crippen LogP contribution in [0.15, 0.2) is 64.7 Å². The Morgan fingerprint density at radius 1 is 1.39 bits per heavy atom. The molecule has 2 N–H and O–H groups in total. The van der Waals surface area contributed by atoms with Crippen molar-refractivity contribution in [3.8, 4) is 5.75 Å². The van der Waals surface area contributed by atoms with Crippen molar-refractivity contribution in [1.29, 1.82) is 0 Å². The van der Waals surface area contributed by atoms with Crippen LogP contribution in [0.25, 0.3) is 0 Å². The lowest BCUT2D eigenvalue weighted by Crippen LogP contribution is -2.51. The van der Waals surface area contributed by atoms with Crippen molar-refractivity contribution in [3.05, 3.63) is 61.1 Å². The Balaban J connectivity index is 1.59. The van der Waals surface area contributed by atoms with Crippen molar-refractivity contribution in [2.24, 2.45) is 4.99 Å². The molecule has 1 atom stereocenters. The van der Waals surface area contributed by atoms with E-state index in [4.69, 9.17) is 14.1 Å². The van der Waals surface area contributed by atoms with Gasteiger partial charge in [0, 0.05) is 50.4 Å². The minimum atomic E-state index is 0.333. The molecule has 3 rings (SSSR count). The van der Waals surface area contributed by atoms with Crippen LogP contribution in [0, 0.1) is 0 Å². The van der Waals surface area contributed by atoms with Gasteiger partial charge in [-0.3, -0.25) is 4.99 Å². The number of aliphatic imine (C=N–C) groups is 1. The standard InChI is InChI=1S/C22H30N4O2/c1-3-12-23-22(24-13-11-20-10-6-15-28-20)25-18-7-5-14-26(17-18)19-8-4-9-21(16-19)27-2/h3-4,6,8-10,15-16,18H,1,5,7,11-14,17H2,2H3,(H2,23,24,25). The topological polar surface area (TPSA) is 62.0 Å². The first-order valence-corrected chi connectivity index (χ1v) is 9.85. The van der Waals surface area contributed by atoms with Crippen molar-refractivity contribution in [1.82, 2.24) is 10.6 Å². The van der Waals surface area contributed by atoms with Crippen LogP contribution in [0.4, 0.5) is 5.69 Å². The van der Waals surface area contributed by atoms with E-state index in [1.165, 1.54) is 5.69 Å². The number of hydrogen-bond donors (Lipinski definition) is 2. The second kappa shape index (κ2) is 10.4. The van der Waals surface area contributed by atoms with Crippen molar-refractivity contribution < 1.29 is 9.15 Å². The molecule has 0 spiro atoms. The molecule has 1 unspecified atom stereocenters. The van der Waals surface area contributed by atoms with E-state index in [2.05, 4.69) is 34.2 Å². The molecule has 1 fully saturated rings. The van der Waals surface area contributed by atoms with Crippen LogP contribution in [0.1, 0.15) is 18.6 Å². The third-order valence-corrected chi connectivity index (χ3v) is 4.80. The summed E-state index contributed by atoms with van der Waals surface area (Å²) in [6.45, 7) is 7.12. The second-order valence-electron chi connectivity index (χ2n) is 6.86. The van der Waals surface area contributed by atoms with Gasteiger partial charge in [-0.15, -0.1) is 6.58 Å². The van der Waals surface area contributed by atoms with Gasteiger partial charge >= 0.3 is 0 Å². The first kappa shape index (κ1) is 19.9. The van der Waals surface area contributed by atoms with E-state index in [0.717, 1.165) is 49.8 Å². The SMILES string of the molecule is C=CCNC(=NCCc1ccco1)NC1CCCN(c2cccc(OC)c2)C1. The molecule has 150 valence electrons. The zero-order chi connectivity index (χ0) is 19.6. The maximum Gasteiger partial charge on any atom is 0.191 e. The van der Waals surface area contributed by atoms with Gasteiger partial charge < -0.3 is 24.7 Å². The molecule has 6 nitrogen and oxygen atoms in total. The Kier molecular flexibility index (Phi) is 7.41. The van der Waals surface area contributed by atoms with Crippen LogP contribution >= 0.6 is 0 Å². The molecule has 1 saturated heterocycles. The minimum absolute atomic E-state index is 0.333. The highest BCUT2D eigenvalue weighted by Crippen LogP contribution is 2.24. The largest absolute Gasteiger partial charge is 0.497 e. The number of benzene rings is 1. The van der Waals surface area contributed by atoms with Crippen LogP contribution in [0.5, 0.6) is 5.75 Å². The molecule has 0 saturated carbocycles. The van der Waals surface area contributed by atoms with Gasteiger partial charge in [-0.1, -0.05) is 12.1 Å². The maximum atomic E-state index is 5.39. The summed E-state index contributed by atoms with van der Waals surface area (Å²) < 4.78 is 10.8. The lowest BCUT2D eigenvalue weighted by Gasteiger charge is -2.35. The van der Waals surface area contributed by atoms with Gasteiger partial charge in [0.2, 0.25) is 0 Å². The molecular weight excluding hydrogens is 352 g/mol. The van der Waals surface area contributed by atoms with Crippen LogP contribution in [0.3, 0.4) is 0 Å². The third-order valence-electron chi connectivity index (χ3n) is 4.80. The number of ether oxygens (including phenoxy) is 1. The Hall–Kier alpha value is -2.89. The number of nitrogens with one attached hydrogen (secondary N) is 2. The molecule has 2 aromatic rings. The molecule has 0 aliphatic carbocycles. The van der Waals surface area contributed by atoms with E-state index < -0.39 is 0 Å². The summed E-state index contributed by atoms with van der Waals surface area (Å²) in [5, 5.41) is 6.91. The Morgan fingerprint density at radius 2 is 2.32 bits per heavy atom. The summed E-state index contributed by atoms with van der Waals surface area (Å²) >= 11 is 0. The molecule has 28 heavy (non-hydrogen) atoms. The number of anilines is 1. The van der Waals surface area contributed by atoms with E-state index in [0.29, 0.717) is 19.1 Å². The molecule has 1 aliphatic heterocycles. The molecular formula is C22H30N4O2. The van der Waals surface area contributed by atoms with Gasteiger partial charge in [-0.25, -0.2) is 0 Å². The fourth-order valence-electron chi connectivity index (χ4n) is 3.38. The van der Waals surface area contributed by atoms with Gasteiger partial charge in [-0.05, 0) is 37.1 Å². The van der Waals surface area contributed by atoms with Crippen LogP contribution in [0.2, 0.25) is 0 Å². The van der Waals surface area contributed by atoms with Crippen molar-refractivity contribution >= 4 is 11.6 Å². The Morgan fingerprint density at radius 3 is 3.11 bits per heavy atom. The van der Waals surface area contributed by atoms with E-state index in [1.807, 2.05) is 30.3 Å². The number of hydrogen-bond acceptors (Lipinski definition) is 4. The molecule has 1 aromatic heterocycles. The van der Waals surface area contributed by atoms with Gasteiger partial charge in [0.15, 0.2) is 5.96 Å². The Bertz CT molecular complexity index is 758. The quantitative estimate of drug-likeness (QED) is 0.417. The van der Waals surface area contributed by atoms with Gasteiger partial charge in [0.1, 0.15) is 11.5 Å². The monoisotopic (exact) mass is 382 g/mol. The summed E-state index contributed by atoms with van der Waals surface area (Å²) in [6, 6.07) is 12.5. The number of nitrogens with zero attached hydrogens (tertiary/aromatic N) is 2. The van der Waals surface area contributed by atoms with Crippen LogP contribution < -0.4 is 20.3 Å². The fraction of sp³-hybridized carbons (Fsp3) is 0.409. The van der Waals surface area contributed by atoms with Gasteiger partial charge in [-0.2, -0.15) is 0 Å². The molecule has 6 heteroatoms. The van der Waals surface area contributed by atoms with E-state index >= 15 is 0 Å². The number of methoxy groups -OCH3 is 1. The number of furan rings is 1. The average Bonchev–Trinajstić information content (AvgIpc) is 3.25. The number of piperidine rings is 1. The van der Waals surface area contributed by atoms with E-state index in [9.17, 15) is 0 Å². The van der Waals surface area contributed by atoms with Crippen molar-refractivity contribution in [2.75, 3.05) is 38.2 Å². The molecule has 0 radical (unpaired) electrons. The predicted octanol–water partition coefficient (Wildman–Crippen LogP) is 3.22. The zero-order valence-electron chi connectivity index (χ0n) is 16.6. The molecule has 1 aliphatic rings. The van der Waals surface area contributed by atoms with Crippen LogP contribution in [-0.4, -0.2) is 45.3 Å². The Labute approximate surface area is 167 Å². The lowest BCUT2D eigenvalue weighted by atomic mass is 10.0. The lowest BCUT2D eigenvalue weighted by molar-refractivity contribution is 0.414.